The van der Waals surface area contributed by atoms with Crippen LogP contribution in [-0.2, 0) is 0 Å². The fourth-order valence-electron chi connectivity index (χ4n) is 3.58. The van der Waals surface area contributed by atoms with Crippen LogP contribution in [0.3, 0.4) is 0 Å². The third-order valence-corrected chi connectivity index (χ3v) is 4.98. The molecule has 1 atom stereocenters. The van der Waals surface area contributed by atoms with Crippen LogP contribution in [0.5, 0.6) is 0 Å². The summed E-state index contributed by atoms with van der Waals surface area (Å²) < 4.78 is 0. The molecule has 0 bridgehead atoms. The van der Waals surface area contributed by atoms with Crippen molar-refractivity contribution in [2.75, 3.05) is 12.3 Å². The molecule has 2 nitrogen and oxygen atoms in total. The number of nitrogen functional groups attached to an aromatic ring is 1. The molecule has 3 heteroatoms. The van der Waals surface area contributed by atoms with Crippen LogP contribution in [0.25, 0.3) is 12.2 Å². The molecular weight excluding hydrogens is 316 g/mol. The molecule has 0 radical (unpaired) electrons. The van der Waals surface area contributed by atoms with Gasteiger partial charge in [0.25, 0.3) is 0 Å². The van der Waals surface area contributed by atoms with E-state index in [9.17, 15) is 0 Å². The molecule has 0 saturated heterocycles. The normalized spacial score (nSPS) is 18.2. The summed E-state index contributed by atoms with van der Waals surface area (Å²) in [6.45, 7) is 1.12. The van der Waals surface area contributed by atoms with E-state index in [-0.39, 0.29) is 12.4 Å². The summed E-state index contributed by atoms with van der Waals surface area (Å²) in [5.41, 5.74) is 12.4. The molecule has 0 aromatic heterocycles. The van der Waals surface area contributed by atoms with E-state index in [2.05, 4.69) is 53.9 Å². The summed E-state index contributed by atoms with van der Waals surface area (Å²) in [7, 11) is 0. The number of benzene rings is 2. The summed E-state index contributed by atoms with van der Waals surface area (Å²) in [6, 6.07) is 15.9. The first-order valence-electron chi connectivity index (χ1n) is 8.71. The van der Waals surface area contributed by atoms with Crippen LogP contribution >= 0.6 is 12.4 Å². The zero-order chi connectivity index (χ0) is 15.6. The molecule has 126 valence electrons. The number of anilines is 1. The van der Waals surface area contributed by atoms with Crippen LogP contribution in [0.15, 0.2) is 42.5 Å². The molecule has 1 unspecified atom stereocenters. The highest BCUT2D eigenvalue weighted by atomic mass is 35.5. The molecule has 0 spiro atoms. The highest BCUT2D eigenvalue weighted by Gasteiger charge is 2.23. The van der Waals surface area contributed by atoms with Crippen LogP contribution < -0.4 is 11.1 Å². The lowest BCUT2D eigenvalue weighted by Crippen LogP contribution is -2.18. The molecular formula is C21H25ClN2. The van der Waals surface area contributed by atoms with E-state index in [1.165, 1.54) is 41.5 Å². The Hall–Kier alpha value is -1.77. The maximum Gasteiger partial charge on any atom is 0.0317 e. The van der Waals surface area contributed by atoms with Gasteiger partial charge in [0.15, 0.2) is 0 Å². The van der Waals surface area contributed by atoms with Crippen molar-refractivity contribution in [3.05, 3.63) is 64.7 Å². The van der Waals surface area contributed by atoms with Crippen LogP contribution in [-0.4, -0.2) is 12.6 Å². The molecule has 1 fully saturated rings. The SMILES string of the molecule is Cl.Nc1ccc2c(c1)C(CCCNC1CC1)c1ccccc1C=C2. The molecule has 24 heavy (non-hydrogen) atoms. The van der Waals surface area contributed by atoms with Crippen molar-refractivity contribution in [3.8, 4) is 0 Å². The third kappa shape index (κ3) is 3.66. The minimum Gasteiger partial charge on any atom is -0.399 e. The van der Waals surface area contributed by atoms with Crippen molar-refractivity contribution in [2.24, 2.45) is 0 Å². The Labute approximate surface area is 150 Å². The van der Waals surface area contributed by atoms with E-state index < -0.39 is 0 Å². The second-order valence-corrected chi connectivity index (χ2v) is 6.77. The first-order chi connectivity index (χ1) is 11.3. The van der Waals surface area contributed by atoms with E-state index in [1.807, 2.05) is 6.07 Å². The van der Waals surface area contributed by atoms with E-state index in [1.54, 1.807) is 0 Å². The highest BCUT2D eigenvalue weighted by Crippen LogP contribution is 2.38. The van der Waals surface area contributed by atoms with E-state index in [0.717, 1.165) is 24.7 Å². The van der Waals surface area contributed by atoms with Crippen molar-refractivity contribution in [2.45, 2.75) is 37.6 Å². The number of hydrogen-bond acceptors (Lipinski definition) is 2. The molecule has 2 aliphatic rings. The first kappa shape index (κ1) is 17.1. The van der Waals surface area contributed by atoms with Gasteiger partial charge >= 0.3 is 0 Å². The lowest BCUT2D eigenvalue weighted by Gasteiger charge is -2.21. The van der Waals surface area contributed by atoms with Gasteiger partial charge in [-0.15, -0.1) is 12.4 Å². The Morgan fingerprint density at radius 2 is 1.71 bits per heavy atom. The summed E-state index contributed by atoms with van der Waals surface area (Å²) >= 11 is 0. The average Bonchev–Trinajstić information content (AvgIpc) is 3.39. The predicted molar refractivity (Wildman–Crippen MR) is 106 cm³/mol. The Kier molecular flexibility index (Phi) is 5.27. The van der Waals surface area contributed by atoms with E-state index in [4.69, 9.17) is 5.73 Å². The van der Waals surface area contributed by atoms with Gasteiger partial charge in [-0.3, -0.25) is 0 Å². The molecule has 4 rings (SSSR count). The van der Waals surface area contributed by atoms with Crippen molar-refractivity contribution < 1.29 is 0 Å². The highest BCUT2D eigenvalue weighted by molar-refractivity contribution is 5.85. The quantitative estimate of drug-likeness (QED) is 0.603. The van der Waals surface area contributed by atoms with Crippen LogP contribution in [0, 0.1) is 0 Å². The zero-order valence-electron chi connectivity index (χ0n) is 13.9. The van der Waals surface area contributed by atoms with E-state index in [0.29, 0.717) is 5.92 Å². The fraction of sp³-hybridized carbons (Fsp3) is 0.333. The van der Waals surface area contributed by atoms with Crippen molar-refractivity contribution >= 4 is 30.2 Å². The van der Waals surface area contributed by atoms with Crippen molar-refractivity contribution in [3.63, 3.8) is 0 Å². The maximum absolute atomic E-state index is 6.08. The largest absolute Gasteiger partial charge is 0.399 e. The molecule has 2 aliphatic carbocycles. The molecule has 0 heterocycles. The number of rotatable bonds is 5. The molecule has 0 aliphatic heterocycles. The molecule has 2 aromatic rings. The van der Waals surface area contributed by atoms with Gasteiger partial charge in [0, 0.05) is 17.6 Å². The molecule has 3 N–H and O–H groups in total. The molecule has 2 aromatic carbocycles. The van der Waals surface area contributed by atoms with Gasteiger partial charge in [-0.05, 0) is 66.6 Å². The molecule has 1 saturated carbocycles. The fourth-order valence-corrected chi connectivity index (χ4v) is 3.58. The lowest BCUT2D eigenvalue weighted by atomic mass is 9.84. The summed E-state index contributed by atoms with van der Waals surface area (Å²) in [6.07, 6.45) is 9.55. The Morgan fingerprint density at radius 3 is 2.50 bits per heavy atom. The minimum atomic E-state index is 0. The Bertz CT molecular complexity index is 734. The van der Waals surface area contributed by atoms with Gasteiger partial charge in [0.2, 0.25) is 0 Å². The van der Waals surface area contributed by atoms with Crippen LogP contribution in [0.1, 0.15) is 53.9 Å². The van der Waals surface area contributed by atoms with Crippen LogP contribution in [0.4, 0.5) is 5.69 Å². The van der Waals surface area contributed by atoms with Gasteiger partial charge in [-0.2, -0.15) is 0 Å². The summed E-state index contributed by atoms with van der Waals surface area (Å²) in [5.74, 6) is 0.431. The van der Waals surface area contributed by atoms with Gasteiger partial charge in [0.1, 0.15) is 0 Å². The topological polar surface area (TPSA) is 38.0 Å². The number of nitrogens with one attached hydrogen (secondary N) is 1. The first-order valence-corrected chi connectivity index (χ1v) is 8.71. The number of fused-ring (bicyclic) bond motifs is 2. The third-order valence-electron chi connectivity index (χ3n) is 4.98. The molecule has 0 amide bonds. The number of hydrogen-bond donors (Lipinski definition) is 2. The Balaban J connectivity index is 0.00000169. The lowest BCUT2D eigenvalue weighted by molar-refractivity contribution is 0.591. The van der Waals surface area contributed by atoms with Gasteiger partial charge < -0.3 is 11.1 Å². The van der Waals surface area contributed by atoms with Crippen molar-refractivity contribution in [1.29, 1.82) is 0 Å². The van der Waals surface area contributed by atoms with Crippen molar-refractivity contribution in [1.82, 2.24) is 5.32 Å². The van der Waals surface area contributed by atoms with Crippen LogP contribution in [0.2, 0.25) is 0 Å². The van der Waals surface area contributed by atoms with E-state index >= 15 is 0 Å². The standard InChI is InChI=1S/C21H24N2.ClH/c22-17-10-9-16-8-7-15-4-1-2-5-19(15)20(21(16)14-17)6-3-13-23-18-11-12-18;/h1-2,4-5,7-10,14,18,20,23H,3,6,11-13,22H2;1H. The maximum atomic E-state index is 6.08. The second-order valence-electron chi connectivity index (χ2n) is 6.77. The second kappa shape index (κ2) is 7.42. The average molecular weight is 341 g/mol. The number of halogens is 1. The minimum absolute atomic E-state index is 0. The predicted octanol–water partition coefficient (Wildman–Crippen LogP) is 4.84. The summed E-state index contributed by atoms with van der Waals surface area (Å²) in [4.78, 5) is 0. The van der Waals surface area contributed by atoms with Gasteiger partial charge in [-0.25, -0.2) is 0 Å². The Morgan fingerprint density at radius 1 is 0.958 bits per heavy atom. The van der Waals surface area contributed by atoms with Gasteiger partial charge in [0.05, 0.1) is 0 Å². The zero-order valence-corrected chi connectivity index (χ0v) is 14.7. The smallest absolute Gasteiger partial charge is 0.0317 e. The van der Waals surface area contributed by atoms with Gasteiger partial charge in [-0.1, -0.05) is 42.5 Å². The summed E-state index contributed by atoms with van der Waals surface area (Å²) in [5, 5.41) is 3.63. The number of nitrogens with two attached hydrogens (primary N) is 1. The monoisotopic (exact) mass is 340 g/mol.